The van der Waals surface area contributed by atoms with Crippen molar-refractivity contribution in [2.24, 2.45) is 0 Å². The summed E-state index contributed by atoms with van der Waals surface area (Å²) in [6, 6.07) is 1.95. The lowest BCUT2D eigenvalue weighted by atomic mass is 9.61. The third-order valence-electron chi connectivity index (χ3n) is 3.23. The van der Waals surface area contributed by atoms with Gasteiger partial charge in [-0.3, -0.25) is 0 Å². The lowest BCUT2D eigenvalue weighted by Crippen LogP contribution is -2.35. The third kappa shape index (κ3) is 2.86. The maximum atomic E-state index is 13.8. The minimum atomic E-state index is -1.32. The Morgan fingerprint density at radius 3 is 2.10 bits per heavy atom. The van der Waals surface area contributed by atoms with Crippen molar-refractivity contribution in [1.82, 2.24) is 0 Å². The smallest absolute Gasteiger partial charge is 0.205 e. The van der Waals surface area contributed by atoms with E-state index in [1.807, 2.05) is 0 Å². The monoisotopic (exact) mass is 300 g/mol. The molecule has 0 spiro atoms. The molecule has 2 aromatic rings. The molecule has 0 unspecified atom stereocenters. The van der Waals surface area contributed by atoms with Gasteiger partial charge in [0, 0.05) is 18.2 Å². The molecule has 110 valence electrons. The van der Waals surface area contributed by atoms with Crippen LogP contribution < -0.4 is 15.7 Å². The molecule has 0 aliphatic carbocycles. The van der Waals surface area contributed by atoms with Gasteiger partial charge in [-0.15, -0.1) is 0 Å². The largest absolute Gasteiger partial charge is 0.497 e. The van der Waals surface area contributed by atoms with Crippen molar-refractivity contribution in [3.05, 3.63) is 52.8 Å². The van der Waals surface area contributed by atoms with Gasteiger partial charge in [-0.05, 0) is 23.4 Å². The summed E-state index contributed by atoms with van der Waals surface area (Å²) in [4.78, 5) is 0. The fourth-order valence-electron chi connectivity index (χ4n) is 2.08. The van der Waals surface area contributed by atoms with Gasteiger partial charge in [0.2, 0.25) is 7.28 Å². The van der Waals surface area contributed by atoms with Crippen LogP contribution in [-0.4, -0.2) is 14.4 Å². The average molecular weight is 300 g/mol. The molecular formula is C14H10BF5O. The van der Waals surface area contributed by atoms with Crippen LogP contribution in [0.3, 0.4) is 0 Å². The topological polar surface area (TPSA) is 9.23 Å². The molecule has 0 heterocycles. The fourth-order valence-corrected chi connectivity index (χ4v) is 2.08. The van der Waals surface area contributed by atoms with Gasteiger partial charge in [-0.2, -0.15) is 0 Å². The molecule has 1 nitrogen and oxygen atoms in total. The Balaban J connectivity index is 2.56. The molecule has 21 heavy (non-hydrogen) atoms. The van der Waals surface area contributed by atoms with Gasteiger partial charge in [-0.1, -0.05) is 0 Å². The first-order valence-electron chi connectivity index (χ1n) is 6.00. The summed E-state index contributed by atoms with van der Waals surface area (Å²) in [5.74, 6) is -5.45. The van der Waals surface area contributed by atoms with E-state index < -0.39 is 29.1 Å². The molecule has 0 amide bonds. The molecule has 0 aliphatic heterocycles. The maximum Gasteiger partial charge on any atom is 0.205 e. The molecule has 0 radical (unpaired) electrons. The van der Waals surface area contributed by atoms with Crippen LogP contribution in [0, 0.1) is 36.0 Å². The number of methoxy groups -OCH3 is 1. The van der Waals surface area contributed by atoms with E-state index in [1.54, 1.807) is 0 Å². The van der Waals surface area contributed by atoms with E-state index in [-0.39, 0.29) is 29.5 Å². The maximum absolute atomic E-state index is 13.8. The Morgan fingerprint density at radius 2 is 1.48 bits per heavy atom. The second-order valence-electron chi connectivity index (χ2n) is 4.50. The SMILES string of the molecule is COc1cc(F)cc(F)c1Bc1c(F)cc(F)c(F)c1C. The minimum absolute atomic E-state index is 0.129. The summed E-state index contributed by atoms with van der Waals surface area (Å²) in [5, 5.41) is 0. The second kappa shape index (κ2) is 5.75. The van der Waals surface area contributed by atoms with E-state index in [4.69, 9.17) is 4.74 Å². The highest BCUT2D eigenvalue weighted by Gasteiger charge is 2.21. The first-order valence-corrected chi connectivity index (χ1v) is 6.00. The first-order chi connectivity index (χ1) is 9.85. The van der Waals surface area contributed by atoms with Crippen molar-refractivity contribution in [3.8, 4) is 5.75 Å². The molecule has 0 aromatic heterocycles. The molecule has 2 aromatic carbocycles. The van der Waals surface area contributed by atoms with Crippen LogP contribution in [0.4, 0.5) is 22.0 Å². The Morgan fingerprint density at radius 1 is 0.857 bits per heavy atom. The summed E-state index contributed by atoms with van der Waals surface area (Å²) in [7, 11) is 0.816. The van der Waals surface area contributed by atoms with E-state index in [9.17, 15) is 22.0 Å². The number of halogens is 5. The molecule has 7 heteroatoms. The quantitative estimate of drug-likeness (QED) is 0.479. The van der Waals surface area contributed by atoms with Crippen LogP contribution in [0.15, 0.2) is 18.2 Å². The molecule has 0 atom stereocenters. The standard InChI is InChI=1S/C14H10BF5O/c1-6-12(9(18)5-10(19)14(6)20)15-13-8(17)3-7(16)4-11(13)21-2/h3-5,15H,1-2H3. The fraction of sp³-hybridized carbons (Fsp3) is 0.143. The van der Waals surface area contributed by atoms with Gasteiger partial charge in [0.25, 0.3) is 0 Å². The zero-order valence-electron chi connectivity index (χ0n) is 11.2. The number of benzene rings is 2. The summed E-state index contributed by atoms with van der Waals surface area (Å²) >= 11 is 0. The highest BCUT2D eigenvalue weighted by atomic mass is 19.2. The van der Waals surface area contributed by atoms with Crippen molar-refractivity contribution >= 4 is 18.2 Å². The summed E-state index contributed by atoms with van der Waals surface area (Å²) in [6.07, 6.45) is 0. The van der Waals surface area contributed by atoms with E-state index >= 15 is 0 Å². The van der Waals surface area contributed by atoms with Crippen LogP contribution in [0.5, 0.6) is 5.75 Å². The van der Waals surface area contributed by atoms with E-state index in [0.29, 0.717) is 12.1 Å². The normalized spacial score (nSPS) is 10.6. The van der Waals surface area contributed by atoms with Gasteiger partial charge in [0.15, 0.2) is 11.6 Å². The minimum Gasteiger partial charge on any atom is -0.497 e. The van der Waals surface area contributed by atoms with Crippen LogP contribution in [-0.2, 0) is 0 Å². The van der Waals surface area contributed by atoms with Crippen molar-refractivity contribution in [1.29, 1.82) is 0 Å². The predicted molar refractivity (Wildman–Crippen MR) is 70.4 cm³/mol. The highest BCUT2D eigenvalue weighted by molar-refractivity contribution is 6.68. The van der Waals surface area contributed by atoms with Gasteiger partial charge in [0.05, 0.1) is 7.11 Å². The Labute approximate surface area is 118 Å². The summed E-state index contributed by atoms with van der Waals surface area (Å²) in [5.41, 5.74) is -0.608. The van der Waals surface area contributed by atoms with Crippen LogP contribution in [0.2, 0.25) is 0 Å². The summed E-state index contributed by atoms with van der Waals surface area (Å²) < 4.78 is 72.1. The number of hydrogen-bond donors (Lipinski definition) is 0. The predicted octanol–water partition coefficient (Wildman–Crippen LogP) is 2.09. The van der Waals surface area contributed by atoms with E-state index in [1.165, 1.54) is 14.0 Å². The lowest BCUT2D eigenvalue weighted by Gasteiger charge is -2.12. The van der Waals surface area contributed by atoms with Crippen molar-refractivity contribution in [2.45, 2.75) is 6.92 Å². The Kier molecular flexibility index (Phi) is 4.20. The zero-order valence-corrected chi connectivity index (χ0v) is 11.2. The second-order valence-corrected chi connectivity index (χ2v) is 4.50. The molecule has 0 saturated heterocycles. The third-order valence-corrected chi connectivity index (χ3v) is 3.23. The average Bonchev–Trinajstić information content (AvgIpc) is 2.42. The number of rotatable bonds is 3. The van der Waals surface area contributed by atoms with E-state index in [0.717, 1.165) is 6.07 Å². The molecule has 0 N–H and O–H groups in total. The number of ether oxygens (including phenoxy) is 1. The van der Waals surface area contributed by atoms with Crippen molar-refractivity contribution < 1.29 is 26.7 Å². The van der Waals surface area contributed by atoms with Gasteiger partial charge < -0.3 is 4.74 Å². The lowest BCUT2D eigenvalue weighted by molar-refractivity contribution is 0.411. The molecule has 0 bridgehead atoms. The highest BCUT2D eigenvalue weighted by Crippen LogP contribution is 2.15. The van der Waals surface area contributed by atoms with Crippen LogP contribution in [0.25, 0.3) is 0 Å². The zero-order chi connectivity index (χ0) is 15.7. The van der Waals surface area contributed by atoms with Crippen molar-refractivity contribution in [3.63, 3.8) is 0 Å². The number of hydrogen-bond acceptors (Lipinski definition) is 1. The summed E-state index contributed by atoms with van der Waals surface area (Å²) in [6.45, 7) is 1.19. The molecular weight excluding hydrogens is 290 g/mol. The van der Waals surface area contributed by atoms with Gasteiger partial charge >= 0.3 is 0 Å². The van der Waals surface area contributed by atoms with E-state index in [2.05, 4.69) is 0 Å². The first kappa shape index (κ1) is 15.3. The molecule has 0 fully saturated rings. The Bertz CT molecular complexity index is 702. The van der Waals surface area contributed by atoms with Gasteiger partial charge in [-0.25, -0.2) is 22.0 Å². The van der Waals surface area contributed by atoms with Crippen LogP contribution in [0.1, 0.15) is 5.56 Å². The van der Waals surface area contributed by atoms with Crippen molar-refractivity contribution in [2.75, 3.05) is 7.11 Å². The Hall–Kier alpha value is -2.05. The van der Waals surface area contributed by atoms with Gasteiger partial charge in [0.1, 0.15) is 23.2 Å². The molecule has 0 saturated carbocycles. The van der Waals surface area contributed by atoms with Crippen LogP contribution >= 0.6 is 0 Å². The molecule has 0 aliphatic rings. The molecule has 2 rings (SSSR count).